The Morgan fingerprint density at radius 1 is 0.841 bits per heavy atom. The van der Waals surface area contributed by atoms with Crippen molar-refractivity contribution < 1.29 is 30.0 Å². The number of aliphatic hydroxyl groups is 1. The summed E-state index contributed by atoms with van der Waals surface area (Å²) in [6.07, 6.45) is 8.49. The normalized spacial score (nSPS) is 12.6. The van der Waals surface area contributed by atoms with Crippen molar-refractivity contribution in [3.05, 3.63) is 137 Å². The Bertz CT molecular complexity index is 1770. The number of aromatic nitrogens is 1. The zero-order valence-electron chi connectivity index (χ0n) is 26.0. The molecular formula is C40H40IrNO2-. The summed E-state index contributed by atoms with van der Waals surface area (Å²) in [6, 6.07) is 35.3. The van der Waals surface area contributed by atoms with Gasteiger partial charge in [0.25, 0.3) is 0 Å². The number of rotatable bonds is 5. The number of hydrogen-bond acceptors (Lipinski definition) is 3. The van der Waals surface area contributed by atoms with E-state index in [0.717, 1.165) is 43.4 Å². The summed E-state index contributed by atoms with van der Waals surface area (Å²) >= 11 is 0. The molecule has 0 unspecified atom stereocenters. The summed E-state index contributed by atoms with van der Waals surface area (Å²) in [5.74, 6) is 0.583. The summed E-state index contributed by atoms with van der Waals surface area (Å²) in [5, 5.41) is 10.8. The van der Waals surface area contributed by atoms with Gasteiger partial charge in [0.15, 0.2) is 5.78 Å². The van der Waals surface area contributed by atoms with E-state index in [1.165, 1.54) is 69.6 Å². The molecule has 44 heavy (non-hydrogen) atoms. The van der Waals surface area contributed by atoms with Crippen LogP contribution in [0.2, 0.25) is 0 Å². The number of allylic oxidation sites excluding steroid dienone is 2. The number of carbonyl (C=O) groups excluding carboxylic acids is 1. The Kier molecular flexibility index (Phi) is 11.4. The zero-order chi connectivity index (χ0) is 30.3. The average Bonchev–Trinajstić information content (AvgIpc) is 2.97. The van der Waals surface area contributed by atoms with E-state index in [0.29, 0.717) is 5.92 Å². The number of aryl methyl sites for hydroxylation is 4. The van der Waals surface area contributed by atoms with E-state index in [1.54, 1.807) is 0 Å². The largest absolute Gasteiger partial charge is 0.512 e. The van der Waals surface area contributed by atoms with Crippen LogP contribution in [-0.4, -0.2) is 15.9 Å². The van der Waals surface area contributed by atoms with Crippen molar-refractivity contribution >= 4 is 16.6 Å². The van der Waals surface area contributed by atoms with Gasteiger partial charge in [-0.05, 0) is 102 Å². The average molecular weight is 759 g/mol. The molecule has 0 atom stereocenters. The van der Waals surface area contributed by atoms with Gasteiger partial charge in [-0.25, -0.2) is 0 Å². The maximum atomic E-state index is 10.0. The van der Waals surface area contributed by atoms with Crippen LogP contribution in [0.25, 0.3) is 33.2 Å². The molecule has 0 saturated carbocycles. The number of aliphatic hydroxyl groups excluding tert-OH is 1. The molecule has 4 aliphatic rings. The predicted molar refractivity (Wildman–Crippen MR) is 178 cm³/mol. The number of ketones is 1. The minimum Gasteiger partial charge on any atom is -0.512 e. The van der Waals surface area contributed by atoms with Crippen molar-refractivity contribution in [2.45, 2.75) is 59.8 Å². The number of nitrogens with zero attached hydrogens (tertiary/aromatic N) is 1. The van der Waals surface area contributed by atoms with Crippen molar-refractivity contribution in [1.29, 1.82) is 0 Å². The first-order valence-electron chi connectivity index (χ1n) is 15.2. The third-order valence-electron chi connectivity index (χ3n) is 7.81. The maximum absolute atomic E-state index is 10.0. The number of carbonyl (C=O) groups is 1. The van der Waals surface area contributed by atoms with E-state index in [-0.39, 0.29) is 31.6 Å². The van der Waals surface area contributed by atoms with Gasteiger partial charge in [-0.3, -0.25) is 4.79 Å². The fourth-order valence-electron chi connectivity index (χ4n) is 5.72. The van der Waals surface area contributed by atoms with Crippen molar-refractivity contribution in [2.24, 2.45) is 5.92 Å². The number of fused-ring (bicyclic) bond motifs is 1. The van der Waals surface area contributed by atoms with Gasteiger partial charge in [0, 0.05) is 32.4 Å². The molecule has 0 amide bonds. The third-order valence-corrected chi connectivity index (χ3v) is 7.81. The SMILES string of the molecule is CC(=O)/C=C(/C)O.CC(C)Cc1ccc2cnc(-c3[c-]ccc(-c4cc5ccc4CCc4ccc(cc4)CC5)c3)cc2c1.[Ir]. The second-order valence-corrected chi connectivity index (χ2v) is 12.0. The van der Waals surface area contributed by atoms with Crippen molar-refractivity contribution in [2.75, 3.05) is 0 Å². The minimum atomic E-state index is -0.125. The van der Waals surface area contributed by atoms with E-state index in [2.05, 4.69) is 105 Å². The summed E-state index contributed by atoms with van der Waals surface area (Å²) in [6.45, 7) is 7.39. The van der Waals surface area contributed by atoms with Crippen molar-refractivity contribution in [3.63, 3.8) is 0 Å². The van der Waals surface area contributed by atoms with Crippen LogP contribution in [0.1, 0.15) is 55.5 Å². The first-order chi connectivity index (χ1) is 20.7. The van der Waals surface area contributed by atoms with Crippen molar-refractivity contribution in [1.82, 2.24) is 4.98 Å². The van der Waals surface area contributed by atoms with E-state index in [1.807, 2.05) is 6.20 Å². The Morgan fingerprint density at radius 3 is 2.18 bits per heavy atom. The topological polar surface area (TPSA) is 50.2 Å². The molecule has 1 radical (unpaired) electrons. The second kappa shape index (κ2) is 15.2. The quantitative estimate of drug-likeness (QED) is 0.110. The third kappa shape index (κ3) is 8.85. The molecule has 4 heteroatoms. The van der Waals surface area contributed by atoms with Crippen LogP contribution in [-0.2, 0) is 57.0 Å². The number of benzene rings is 4. The van der Waals surface area contributed by atoms with Crippen LogP contribution in [0.3, 0.4) is 0 Å². The summed E-state index contributed by atoms with van der Waals surface area (Å²) < 4.78 is 0. The van der Waals surface area contributed by atoms with Crippen LogP contribution >= 0.6 is 0 Å². The molecule has 3 nitrogen and oxygen atoms in total. The van der Waals surface area contributed by atoms with Crippen LogP contribution in [0.15, 0.2) is 103 Å². The van der Waals surface area contributed by atoms with Gasteiger partial charge in [-0.1, -0.05) is 80.6 Å². The summed E-state index contributed by atoms with van der Waals surface area (Å²) in [4.78, 5) is 14.8. The van der Waals surface area contributed by atoms with Crippen molar-refractivity contribution in [3.8, 4) is 22.4 Å². The fraction of sp³-hybridized carbons (Fsp3) is 0.250. The van der Waals surface area contributed by atoms with Crippen LogP contribution in [0.5, 0.6) is 0 Å². The Labute approximate surface area is 275 Å². The molecule has 4 aliphatic carbocycles. The zero-order valence-corrected chi connectivity index (χ0v) is 28.4. The molecule has 0 aliphatic heterocycles. The second-order valence-electron chi connectivity index (χ2n) is 12.0. The molecule has 0 fully saturated rings. The molecule has 4 bridgehead atoms. The van der Waals surface area contributed by atoms with Crippen LogP contribution in [0.4, 0.5) is 0 Å². The molecule has 5 aromatic rings. The molecule has 4 aromatic carbocycles. The van der Waals surface area contributed by atoms with E-state index in [9.17, 15) is 4.79 Å². The molecule has 1 heterocycles. The van der Waals surface area contributed by atoms with Gasteiger partial charge in [0.2, 0.25) is 0 Å². The van der Waals surface area contributed by atoms with Gasteiger partial charge in [-0.15, -0.1) is 35.4 Å². The summed E-state index contributed by atoms with van der Waals surface area (Å²) in [5.41, 5.74) is 11.7. The van der Waals surface area contributed by atoms with E-state index < -0.39 is 0 Å². The Balaban J connectivity index is 0.000000497. The Hall–Kier alpha value is -3.85. The van der Waals surface area contributed by atoms with Crippen LogP contribution < -0.4 is 0 Å². The van der Waals surface area contributed by atoms with Gasteiger partial charge in [-0.2, -0.15) is 0 Å². The van der Waals surface area contributed by atoms with Gasteiger partial charge in [0.05, 0.1) is 5.76 Å². The van der Waals surface area contributed by atoms with Gasteiger partial charge >= 0.3 is 0 Å². The molecular weight excluding hydrogens is 719 g/mol. The molecule has 0 spiro atoms. The molecule has 0 saturated heterocycles. The Morgan fingerprint density at radius 2 is 1.52 bits per heavy atom. The van der Waals surface area contributed by atoms with E-state index >= 15 is 0 Å². The molecule has 1 aromatic heterocycles. The maximum Gasteiger partial charge on any atom is 0.155 e. The molecule has 9 rings (SSSR count). The standard InChI is InChI=1S/C35H32N.C5H8O2.Ir/c1-24(2)18-28-14-17-32-23-36-35(22-33(32)19-28)31-5-3-4-30(21-31)34-20-27-11-10-25-6-8-26(9-7-25)12-15-29(34)16-13-27;1-4(6)3-5(2)7;/h3-4,6-9,13-14,16-17,19-24H,10-12,15,18H2,1-2H3;3,6H,1-2H3;/q-1;;/b;4-3-;. The number of pyridine rings is 1. The van der Waals surface area contributed by atoms with E-state index in [4.69, 9.17) is 10.1 Å². The smallest absolute Gasteiger partial charge is 0.155 e. The molecule has 1 N–H and O–H groups in total. The van der Waals surface area contributed by atoms with Gasteiger partial charge in [0.1, 0.15) is 0 Å². The number of hydrogen-bond donors (Lipinski definition) is 1. The summed E-state index contributed by atoms with van der Waals surface area (Å²) in [7, 11) is 0. The predicted octanol–water partition coefficient (Wildman–Crippen LogP) is 9.49. The van der Waals surface area contributed by atoms with Crippen LogP contribution in [0, 0.1) is 12.0 Å². The molecule has 227 valence electrons. The first-order valence-corrected chi connectivity index (χ1v) is 15.2. The monoisotopic (exact) mass is 759 g/mol. The van der Waals surface area contributed by atoms with Gasteiger partial charge < -0.3 is 10.1 Å². The first kappa shape index (κ1) is 33.1. The fourth-order valence-corrected chi connectivity index (χ4v) is 5.72. The minimum absolute atomic E-state index is 0.